The summed E-state index contributed by atoms with van der Waals surface area (Å²) >= 11 is 6.32. The lowest BCUT2D eigenvalue weighted by Gasteiger charge is -2.27. The van der Waals surface area contributed by atoms with Crippen LogP contribution in [0, 0.1) is 6.92 Å². The van der Waals surface area contributed by atoms with Crippen LogP contribution in [0.3, 0.4) is 0 Å². The SMILES string of the molecule is Cc1ccc(Cl)c(Nc2ncc(C(=O)N3CCOCC3)c3c2ccn3C)c1. The predicted octanol–water partition coefficient (Wildman–Crippen LogP) is 3.75. The number of aromatic nitrogens is 2. The fourth-order valence-corrected chi connectivity index (χ4v) is 3.54. The normalized spacial score (nSPS) is 14.6. The first-order valence-electron chi connectivity index (χ1n) is 8.89. The standard InChI is InChI=1S/C20H21ClN4O2/c1-13-3-4-16(21)17(11-13)23-19-14-5-6-24(2)18(14)15(12-22-19)20(26)25-7-9-27-10-8-25/h3-6,11-12H,7-10H2,1-2H3,(H,22,23). The van der Waals surface area contributed by atoms with E-state index in [4.69, 9.17) is 16.3 Å². The lowest BCUT2D eigenvalue weighted by molar-refractivity contribution is 0.0303. The molecule has 1 aliphatic rings. The Morgan fingerprint density at radius 1 is 1.26 bits per heavy atom. The predicted molar refractivity (Wildman–Crippen MR) is 107 cm³/mol. The number of carbonyl (C=O) groups is 1. The molecule has 4 rings (SSSR count). The molecule has 7 heteroatoms. The summed E-state index contributed by atoms with van der Waals surface area (Å²) in [6.07, 6.45) is 3.58. The molecule has 6 nitrogen and oxygen atoms in total. The molecule has 1 saturated heterocycles. The summed E-state index contributed by atoms with van der Waals surface area (Å²) in [6, 6.07) is 7.76. The van der Waals surface area contributed by atoms with Crippen molar-refractivity contribution in [2.24, 2.45) is 7.05 Å². The Kier molecular flexibility index (Phi) is 4.76. The minimum absolute atomic E-state index is 0.0160. The molecule has 140 valence electrons. The number of morpholine rings is 1. The molecule has 0 aliphatic carbocycles. The molecular formula is C20H21ClN4O2. The van der Waals surface area contributed by atoms with E-state index in [1.165, 1.54) is 0 Å². The van der Waals surface area contributed by atoms with Gasteiger partial charge in [-0.05, 0) is 30.7 Å². The van der Waals surface area contributed by atoms with Crippen LogP contribution in [0.1, 0.15) is 15.9 Å². The van der Waals surface area contributed by atoms with E-state index in [0.29, 0.717) is 42.7 Å². The minimum Gasteiger partial charge on any atom is -0.378 e. The Balaban J connectivity index is 1.74. The number of pyridine rings is 1. The van der Waals surface area contributed by atoms with Gasteiger partial charge in [0.05, 0.1) is 35.0 Å². The van der Waals surface area contributed by atoms with Crippen molar-refractivity contribution in [2.45, 2.75) is 6.92 Å². The highest BCUT2D eigenvalue weighted by Gasteiger charge is 2.23. The third-order valence-electron chi connectivity index (χ3n) is 4.81. The maximum Gasteiger partial charge on any atom is 0.257 e. The fraction of sp³-hybridized carbons (Fsp3) is 0.300. The van der Waals surface area contributed by atoms with Crippen LogP contribution in [0.15, 0.2) is 36.7 Å². The highest BCUT2D eigenvalue weighted by molar-refractivity contribution is 6.33. The van der Waals surface area contributed by atoms with E-state index in [2.05, 4.69) is 10.3 Å². The van der Waals surface area contributed by atoms with E-state index in [-0.39, 0.29) is 5.91 Å². The van der Waals surface area contributed by atoms with Crippen LogP contribution in [0.4, 0.5) is 11.5 Å². The molecule has 0 spiro atoms. The first-order valence-corrected chi connectivity index (χ1v) is 9.26. The van der Waals surface area contributed by atoms with Crippen molar-refractivity contribution in [1.82, 2.24) is 14.5 Å². The summed E-state index contributed by atoms with van der Waals surface area (Å²) in [5, 5.41) is 4.82. The quantitative estimate of drug-likeness (QED) is 0.747. The summed E-state index contributed by atoms with van der Waals surface area (Å²) in [6.45, 7) is 4.35. The molecule has 27 heavy (non-hydrogen) atoms. The number of anilines is 2. The third-order valence-corrected chi connectivity index (χ3v) is 5.14. The number of ether oxygens (including phenoxy) is 1. The second kappa shape index (κ2) is 7.21. The highest BCUT2D eigenvalue weighted by atomic mass is 35.5. The number of nitrogens with one attached hydrogen (secondary N) is 1. The zero-order valence-corrected chi connectivity index (χ0v) is 16.1. The van der Waals surface area contributed by atoms with E-state index in [0.717, 1.165) is 22.2 Å². The number of hydrogen-bond acceptors (Lipinski definition) is 4. The molecule has 1 amide bonds. The average molecular weight is 385 g/mol. The summed E-state index contributed by atoms with van der Waals surface area (Å²) in [5.74, 6) is 0.661. The van der Waals surface area contributed by atoms with Crippen LogP contribution in [0.2, 0.25) is 5.02 Å². The Morgan fingerprint density at radius 2 is 2.04 bits per heavy atom. The second-order valence-electron chi connectivity index (χ2n) is 6.72. The van der Waals surface area contributed by atoms with E-state index in [1.54, 1.807) is 6.20 Å². The molecule has 1 N–H and O–H groups in total. The largest absolute Gasteiger partial charge is 0.378 e. The third kappa shape index (κ3) is 3.38. The molecule has 1 aliphatic heterocycles. The number of amides is 1. The van der Waals surface area contributed by atoms with Crippen molar-refractivity contribution in [3.8, 4) is 0 Å². The molecule has 0 saturated carbocycles. The van der Waals surface area contributed by atoms with E-state index < -0.39 is 0 Å². The highest BCUT2D eigenvalue weighted by Crippen LogP contribution is 2.31. The summed E-state index contributed by atoms with van der Waals surface area (Å²) in [4.78, 5) is 19.4. The van der Waals surface area contributed by atoms with Gasteiger partial charge in [-0.1, -0.05) is 17.7 Å². The smallest absolute Gasteiger partial charge is 0.257 e. The van der Waals surface area contributed by atoms with Crippen molar-refractivity contribution in [3.05, 3.63) is 52.8 Å². The van der Waals surface area contributed by atoms with Crippen LogP contribution in [0.5, 0.6) is 0 Å². The van der Waals surface area contributed by atoms with Gasteiger partial charge in [-0.25, -0.2) is 4.98 Å². The van der Waals surface area contributed by atoms with Crippen molar-refractivity contribution in [2.75, 3.05) is 31.6 Å². The molecule has 2 aromatic heterocycles. The minimum atomic E-state index is -0.0160. The monoisotopic (exact) mass is 384 g/mol. The van der Waals surface area contributed by atoms with Crippen molar-refractivity contribution in [3.63, 3.8) is 0 Å². The maximum atomic E-state index is 13.0. The number of nitrogens with zero attached hydrogens (tertiary/aromatic N) is 3. The number of carbonyl (C=O) groups excluding carboxylic acids is 1. The topological polar surface area (TPSA) is 59.4 Å². The lowest BCUT2D eigenvalue weighted by Crippen LogP contribution is -2.40. The van der Waals surface area contributed by atoms with Crippen LogP contribution in [-0.2, 0) is 11.8 Å². The molecule has 0 atom stereocenters. The molecular weight excluding hydrogens is 364 g/mol. The van der Waals surface area contributed by atoms with Gasteiger partial charge in [0.1, 0.15) is 5.82 Å². The number of benzene rings is 1. The van der Waals surface area contributed by atoms with Crippen molar-refractivity contribution >= 4 is 39.9 Å². The van der Waals surface area contributed by atoms with Gasteiger partial charge in [-0.15, -0.1) is 0 Å². The Bertz CT molecular complexity index is 1010. The summed E-state index contributed by atoms with van der Waals surface area (Å²) < 4.78 is 7.30. The van der Waals surface area contributed by atoms with Crippen LogP contribution in [0.25, 0.3) is 10.9 Å². The molecule has 0 unspecified atom stereocenters. The van der Waals surface area contributed by atoms with Gasteiger partial charge in [0, 0.05) is 37.9 Å². The van der Waals surface area contributed by atoms with E-state index in [9.17, 15) is 4.79 Å². The van der Waals surface area contributed by atoms with Crippen molar-refractivity contribution < 1.29 is 9.53 Å². The van der Waals surface area contributed by atoms with Gasteiger partial charge in [0.2, 0.25) is 0 Å². The Morgan fingerprint density at radius 3 is 2.81 bits per heavy atom. The Hall–Kier alpha value is -2.57. The molecule has 0 radical (unpaired) electrons. The lowest BCUT2D eigenvalue weighted by atomic mass is 10.1. The van der Waals surface area contributed by atoms with E-state index in [1.807, 2.05) is 53.9 Å². The van der Waals surface area contributed by atoms with Crippen LogP contribution in [-0.4, -0.2) is 46.7 Å². The second-order valence-corrected chi connectivity index (χ2v) is 7.13. The van der Waals surface area contributed by atoms with Gasteiger partial charge in [0.15, 0.2) is 0 Å². The Labute approximate surface area is 162 Å². The van der Waals surface area contributed by atoms with Crippen LogP contribution >= 0.6 is 11.6 Å². The summed E-state index contributed by atoms with van der Waals surface area (Å²) in [5.41, 5.74) is 3.35. The number of halogens is 1. The van der Waals surface area contributed by atoms with Gasteiger partial charge < -0.3 is 19.5 Å². The zero-order chi connectivity index (χ0) is 19.0. The van der Waals surface area contributed by atoms with Crippen LogP contribution < -0.4 is 5.32 Å². The molecule has 0 bridgehead atoms. The number of fused-ring (bicyclic) bond motifs is 1. The average Bonchev–Trinajstić information content (AvgIpc) is 3.07. The van der Waals surface area contributed by atoms with Crippen molar-refractivity contribution in [1.29, 1.82) is 0 Å². The molecule has 3 aromatic rings. The zero-order valence-electron chi connectivity index (χ0n) is 15.3. The van der Waals surface area contributed by atoms with Gasteiger partial charge in [0.25, 0.3) is 5.91 Å². The first kappa shape index (κ1) is 17.8. The molecule has 1 fully saturated rings. The maximum absolute atomic E-state index is 13.0. The number of aryl methyl sites for hydroxylation is 2. The number of rotatable bonds is 3. The molecule has 3 heterocycles. The number of hydrogen-bond donors (Lipinski definition) is 1. The van der Waals surface area contributed by atoms with Gasteiger partial charge in [-0.3, -0.25) is 4.79 Å². The van der Waals surface area contributed by atoms with E-state index >= 15 is 0 Å². The summed E-state index contributed by atoms with van der Waals surface area (Å²) in [7, 11) is 1.93. The fourth-order valence-electron chi connectivity index (χ4n) is 3.37. The van der Waals surface area contributed by atoms with Gasteiger partial charge in [-0.2, -0.15) is 0 Å². The van der Waals surface area contributed by atoms with Gasteiger partial charge >= 0.3 is 0 Å². The molecule has 1 aromatic carbocycles. The first-order chi connectivity index (χ1) is 13.0.